The van der Waals surface area contributed by atoms with Crippen molar-refractivity contribution in [1.29, 1.82) is 0 Å². The number of likely N-dealkylation sites (tertiary alicyclic amines) is 1. The molecule has 1 fully saturated rings. The zero-order valence-corrected chi connectivity index (χ0v) is 18.3. The van der Waals surface area contributed by atoms with Crippen molar-refractivity contribution in [2.45, 2.75) is 17.7 Å². The molecule has 0 aromatic heterocycles. The largest absolute Gasteiger partial charge is 0.486 e. The molecule has 0 unspecified atom stereocenters. The summed E-state index contributed by atoms with van der Waals surface area (Å²) in [6, 6.07) is 11.1. The van der Waals surface area contributed by atoms with Gasteiger partial charge in [-0.15, -0.1) is 11.8 Å². The van der Waals surface area contributed by atoms with Crippen molar-refractivity contribution in [1.82, 2.24) is 4.90 Å². The standard InChI is InChI=1S/C23H24N2O6S/c26-22(13-32-17-2-4-18-21(12-17)29-10-9-28-18)25-7-5-15(6-8-25)23(27)24-16-1-3-19-20(11-16)31-14-30-19/h1-4,11-12,15H,5-10,13-14H2,(H,24,27). The molecule has 3 heterocycles. The maximum Gasteiger partial charge on any atom is 0.232 e. The fourth-order valence-corrected chi connectivity index (χ4v) is 4.79. The van der Waals surface area contributed by atoms with E-state index in [1.807, 2.05) is 23.1 Å². The van der Waals surface area contributed by atoms with E-state index in [0.29, 0.717) is 62.1 Å². The third-order valence-corrected chi connectivity index (χ3v) is 6.71. The van der Waals surface area contributed by atoms with Crippen molar-refractivity contribution in [3.8, 4) is 23.0 Å². The molecule has 9 heteroatoms. The van der Waals surface area contributed by atoms with Gasteiger partial charge in [-0.05, 0) is 43.2 Å². The van der Waals surface area contributed by atoms with Gasteiger partial charge in [-0.1, -0.05) is 0 Å². The van der Waals surface area contributed by atoms with E-state index in [1.54, 1.807) is 18.2 Å². The predicted molar refractivity (Wildman–Crippen MR) is 119 cm³/mol. The van der Waals surface area contributed by atoms with Gasteiger partial charge in [-0.3, -0.25) is 9.59 Å². The normalized spacial score (nSPS) is 17.2. The van der Waals surface area contributed by atoms with Crippen molar-refractivity contribution in [3.05, 3.63) is 36.4 Å². The highest BCUT2D eigenvalue weighted by Gasteiger charge is 2.28. The minimum atomic E-state index is -0.116. The van der Waals surface area contributed by atoms with Gasteiger partial charge in [0.25, 0.3) is 0 Å². The van der Waals surface area contributed by atoms with E-state index >= 15 is 0 Å². The van der Waals surface area contributed by atoms with Gasteiger partial charge in [0.1, 0.15) is 13.2 Å². The number of fused-ring (bicyclic) bond motifs is 2. The highest BCUT2D eigenvalue weighted by atomic mass is 32.2. The maximum absolute atomic E-state index is 12.7. The van der Waals surface area contributed by atoms with E-state index in [1.165, 1.54) is 11.8 Å². The Labute approximate surface area is 190 Å². The quantitative estimate of drug-likeness (QED) is 0.692. The molecule has 1 N–H and O–H groups in total. The number of amides is 2. The second kappa shape index (κ2) is 9.20. The number of benzene rings is 2. The fraction of sp³-hybridized carbons (Fsp3) is 0.391. The first-order valence-corrected chi connectivity index (χ1v) is 11.6. The summed E-state index contributed by atoms with van der Waals surface area (Å²) >= 11 is 1.49. The maximum atomic E-state index is 12.7. The number of nitrogens with one attached hydrogen (secondary N) is 1. The lowest BCUT2D eigenvalue weighted by Crippen LogP contribution is -2.42. The minimum Gasteiger partial charge on any atom is -0.486 e. The molecule has 0 spiro atoms. The Hall–Kier alpha value is -3.07. The van der Waals surface area contributed by atoms with Gasteiger partial charge in [0.2, 0.25) is 18.6 Å². The van der Waals surface area contributed by atoms with Gasteiger partial charge in [-0.25, -0.2) is 0 Å². The Kier molecular flexibility index (Phi) is 5.98. The van der Waals surface area contributed by atoms with Gasteiger partial charge in [0.05, 0.1) is 5.75 Å². The number of anilines is 1. The topological polar surface area (TPSA) is 86.3 Å². The van der Waals surface area contributed by atoms with Gasteiger partial charge >= 0.3 is 0 Å². The van der Waals surface area contributed by atoms with Crippen LogP contribution in [0.4, 0.5) is 5.69 Å². The van der Waals surface area contributed by atoms with Crippen LogP contribution in [0, 0.1) is 5.92 Å². The van der Waals surface area contributed by atoms with E-state index in [0.717, 1.165) is 16.4 Å². The average Bonchev–Trinajstić information content (AvgIpc) is 3.30. The summed E-state index contributed by atoms with van der Waals surface area (Å²) in [6.07, 6.45) is 1.30. The van der Waals surface area contributed by atoms with E-state index in [2.05, 4.69) is 5.32 Å². The number of ether oxygens (including phenoxy) is 4. The zero-order valence-electron chi connectivity index (χ0n) is 17.5. The van der Waals surface area contributed by atoms with Crippen molar-refractivity contribution in [2.24, 2.45) is 5.92 Å². The van der Waals surface area contributed by atoms with Crippen molar-refractivity contribution >= 4 is 29.3 Å². The van der Waals surface area contributed by atoms with E-state index < -0.39 is 0 Å². The predicted octanol–water partition coefficient (Wildman–Crippen LogP) is 3.16. The first-order valence-electron chi connectivity index (χ1n) is 10.7. The summed E-state index contributed by atoms with van der Waals surface area (Å²) in [5, 5.41) is 2.95. The molecule has 8 nitrogen and oxygen atoms in total. The van der Waals surface area contributed by atoms with Crippen LogP contribution in [-0.2, 0) is 9.59 Å². The molecule has 0 aliphatic carbocycles. The zero-order chi connectivity index (χ0) is 21.9. The van der Waals surface area contributed by atoms with Crippen LogP contribution in [0.15, 0.2) is 41.3 Å². The molecule has 2 aromatic rings. The lowest BCUT2D eigenvalue weighted by Gasteiger charge is -2.31. The van der Waals surface area contributed by atoms with E-state index in [4.69, 9.17) is 18.9 Å². The molecule has 3 aliphatic heterocycles. The third kappa shape index (κ3) is 4.57. The lowest BCUT2D eigenvalue weighted by molar-refractivity contribution is -0.132. The number of thioether (sulfide) groups is 1. The lowest BCUT2D eigenvalue weighted by atomic mass is 9.96. The number of rotatable bonds is 5. The van der Waals surface area contributed by atoms with E-state index in [-0.39, 0.29) is 24.5 Å². The molecule has 3 aliphatic rings. The van der Waals surface area contributed by atoms with Crippen LogP contribution in [0.5, 0.6) is 23.0 Å². The average molecular weight is 457 g/mol. The van der Waals surface area contributed by atoms with Gasteiger partial charge in [-0.2, -0.15) is 0 Å². The molecule has 32 heavy (non-hydrogen) atoms. The first kappa shape index (κ1) is 20.8. The van der Waals surface area contributed by atoms with Crippen LogP contribution in [0.3, 0.4) is 0 Å². The number of carbonyl (C=O) groups excluding carboxylic acids is 2. The molecule has 1 saturated heterocycles. The molecule has 168 valence electrons. The highest BCUT2D eigenvalue weighted by Crippen LogP contribution is 2.35. The molecule has 0 saturated carbocycles. The Bertz CT molecular complexity index is 1020. The van der Waals surface area contributed by atoms with Gasteiger partial charge in [0.15, 0.2) is 23.0 Å². The van der Waals surface area contributed by atoms with Crippen LogP contribution in [0.25, 0.3) is 0 Å². The molecule has 0 radical (unpaired) electrons. The summed E-state index contributed by atoms with van der Waals surface area (Å²) in [4.78, 5) is 28.1. The van der Waals surface area contributed by atoms with Crippen LogP contribution in [0.1, 0.15) is 12.8 Å². The number of piperidine rings is 1. The molecule has 2 amide bonds. The second-order valence-corrected chi connectivity index (χ2v) is 8.86. The molecular weight excluding hydrogens is 432 g/mol. The Morgan fingerprint density at radius 3 is 2.44 bits per heavy atom. The minimum absolute atomic E-state index is 0.0263. The first-order chi connectivity index (χ1) is 15.7. The number of carbonyl (C=O) groups is 2. The molecule has 0 atom stereocenters. The summed E-state index contributed by atoms with van der Waals surface area (Å²) in [7, 11) is 0. The summed E-state index contributed by atoms with van der Waals surface area (Å²) in [5.41, 5.74) is 0.689. The molecule has 0 bridgehead atoms. The summed E-state index contributed by atoms with van der Waals surface area (Å²) < 4.78 is 21.8. The van der Waals surface area contributed by atoms with Crippen molar-refractivity contribution in [3.63, 3.8) is 0 Å². The third-order valence-electron chi connectivity index (χ3n) is 5.73. The summed E-state index contributed by atoms with van der Waals surface area (Å²) in [6.45, 7) is 2.46. The van der Waals surface area contributed by atoms with Crippen LogP contribution < -0.4 is 24.3 Å². The van der Waals surface area contributed by atoms with E-state index in [9.17, 15) is 9.59 Å². The van der Waals surface area contributed by atoms with Crippen LogP contribution in [-0.4, -0.2) is 55.6 Å². The number of hydrogen-bond donors (Lipinski definition) is 1. The van der Waals surface area contributed by atoms with Crippen LogP contribution in [0.2, 0.25) is 0 Å². The highest BCUT2D eigenvalue weighted by molar-refractivity contribution is 8.00. The number of hydrogen-bond acceptors (Lipinski definition) is 7. The summed E-state index contributed by atoms with van der Waals surface area (Å²) in [5.74, 6) is 3.09. The smallest absolute Gasteiger partial charge is 0.232 e. The monoisotopic (exact) mass is 456 g/mol. The Balaban J connectivity index is 1.09. The molecular formula is C23H24N2O6S. The second-order valence-electron chi connectivity index (χ2n) is 7.81. The van der Waals surface area contributed by atoms with Crippen LogP contribution >= 0.6 is 11.8 Å². The Morgan fingerprint density at radius 2 is 1.59 bits per heavy atom. The van der Waals surface area contributed by atoms with Crippen molar-refractivity contribution in [2.75, 3.05) is 44.2 Å². The fourth-order valence-electron chi connectivity index (χ4n) is 3.96. The molecule has 2 aromatic carbocycles. The molecule has 5 rings (SSSR count). The number of nitrogens with zero attached hydrogens (tertiary/aromatic N) is 1. The van der Waals surface area contributed by atoms with Gasteiger partial charge < -0.3 is 29.2 Å². The Morgan fingerprint density at radius 1 is 0.906 bits per heavy atom. The SMILES string of the molecule is O=C(Nc1ccc2c(c1)OCO2)C1CCN(C(=O)CSc2ccc3c(c2)OCCO3)CC1. The van der Waals surface area contributed by atoms with Crippen molar-refractivity contribution < 1.29 is 28.5 Å². The van der Waals surface area contributed by atoms with Gasteiger partial charge in [0, 0.05) is 35.7 Å².